The second-order valence-electron chi connectivity index (χ2n) is 4.03. The first-order valence-electron chi connectivity index (χ1n) is 6.19. The molecule has 1 aromatic heterocycles. The number of hydrogen-bond acceptors (Lipinski definition) is 6. The van der Waals surface area contributed by atoms with Crippen LogP contribution in [0.25, 0.3) is 0 Å². The van der Waals surface area contributed by atoms with Gasteiger partial charge in [0, 0.05) is 6.54 Å². The number of rotatable bonds is 7. The maximum Gasteiger partial charge on any atom is 0.213 e. The summed E-state index contributed by atoms with van der Waals surface area (Å²) in [5.41, 5.74) is 1.03. The molecule has 0 aliphatic carbocycles. The summed E-state index contributed by atoms with van der Waals surface area (Å²) in [6.07, 6.45) is 1.25. The summed E-state index contributed by atoms with van der Waals surface area (Å²) in [5.74, 6) is 1.49. The van der Waals surface area contributed by atoms with Gasteiger partial charge in [-0.15, -0.1) is 0 Å². The summed E-state index contributed by atoms with van der Waals surface area (Å²) in [7, 11) is 1.57. The summed E-state index contributed by atoms with van der Waals surface area (Å²) >= 11 is 6.24. The van der Waals surface area contributed by atoms with Gasteiger partial charge < -0.3 is 19.3 Å². The van der Waals surface area contributed by atoms with Crippen molar-refractivity contribution < 1.29 is 14.0 Å². The highest BCUT2D eigenvalue weighted by atomic mass is 35.5. The van der Waals surface area contributed by atoms with Gasteiger partial charge in [0.05, 0.1) is 12.1 Å². The SMILES string of the molecule is CCNCc1cc(Cl)c(OCc2ncon2)c(OC)c1. The molecule has 2 aromatic rings. The van der Waals surface area contributed by atoms with E-state index in [0.717, 1.165) is 18.7 Å². The van der Waals surface area contributed by atoms with Crippen molar-refractivity contribution in [3.63, 3.8) is 0 Å². The predicted octanol–water partition coefficient (Wildman–Crippen LogP) is 2.42. The summed E-state index contributed by atoms with van der Waals surface area (Å²) in [5, 5.41) is 7.39. The topological polar surface area (TPSA) is 69.4 Å². The Morgan fingerprint density at radius 2 is 2.25 bits per heavy atom. The lowest BCUT2D eigenvalue weighted by Gasteiger charge is -2.13. The van der Waals surface area contributed by atoms with Crippen molar-refractivity contribution in [2.75, 3.05) is 13.7 Å². The largest absolute Gasteiger partial charge is 0.493 e. The number of aromatic nitrogens is 2. The molecule has 0 atom stereocenters. The number of ether oxygens (including phenoxy) is 2. The van der Waals surface area contributed by atoms with Gasteiger partial charge in [-0.1, -0.05) is 23.7 Å². The van der Waals surface area contributed by atoms with Crippen LogP contribution < -0.4 is 14.8 Å². The van der Waals surface area contributed by atoms with Crippen molar-refractivity contribution in [2.45, 2.75) is 20.1 Å². The Labute approximate surface area is 122 Å². The normalized spacial score (nSPS) is 10.6. The molecular weight excluding hydrogens is 282 g/mol. The lowest BCUT2D eigenvalue weighted by Crippen LogP contribution is -2.12. The Kier molecular flexibility index (Phi) is 5.20. The van der Waals surface area contributed by atoms with E-state index in [2.05, 4.69) is 20.0 Å². The molecule has 0 radical (unpaired) electrons. The van der Waals surface area contributed by atoms with Crippen LogP contribution in [0.1, 0.15) is 18.3 Å². The van der Waals surface area contributed by atoms with Crippen LogP contribution in [0.4, 0.5) is 0 Å². The van der Waals surface area contributed by atoms with Crippen molar-refractivity contribution in [1.29, 1.82) is 0 Å². The molecule has 2 rings (SSSR count). The van der Waals surface area contributed by atoms with E-state index in [9.17, 15) is 0 Å². The maximum atomic E-state index is 6.24. The molecule has 0 aliphatic rings. The lowest BCUT2D eigenvalue weighted by molar-refractivity contribution is 0.270. The third-order valence-corrected chi connectivity index (χ3v) is 2.90. The van der Waals surface area contributed by atoms with Crippen LogP contribution in [0.3, 0.4) is 0 Å². The van der Waals surface area contributed by atoms with Crippen molar-refractivity contribution in [3.05, 3.63) is 34.9 Å². The van der Waals surface area contributed by atoms with E-state index in [4.69, 9.17) is 21.1 Å². The van der Waals surface area contributed by atoms with E-state index in [-0.39, 0.29) is 6.61 Å². The van der Waals surface area contributed by atoms with Crippen LogP contribution in [0.5, 0.6) is 11.5 Å². The van der Waals surface area contributed by atoms with Crippen LogP contribution in [0.15, 0.2) is 23.0 Å². The van der Waals surface area contributed by atoms with Gasteiger partial charge in [0.25, 0.3) is 0 Å². The molecule has 20 heavy (non-hydrogen) atoms. The lowest BCUT2D eigenvalue weighted by atomic mass is 10.2. The van der Waals surface area contributed by atoms with Crippen LogP contribution in [0, 0.1) is 0 Å². The minimum Gasteiger partial charge on any atom is -0.493 e. The number of methoxy groups -OCH3 is 1. The fourth-order valence-corrected chi connectivity index (χ4v) is 1.97. The van der Waals surface area contributed by atoms with Gasteiger partial charge in [-0.05, 0) is 24.2 Å². The van der Waals surface area contributed by atoms with Gasteiger partial charge in [0.1, 0.15) is 0 Å². The van der Waals surface area contributed by atoms with Crippen LogP contribution in [-0.2, 0) is 13.2 Å². The van der Waals surface area contributed by atoms with Crippen molar-refractivity contribution in [1.82, 2.24) is 15.5 Å². The molecule has 0 amide bonds. The van der Waals surface area contributed by atoms with E-state index in [1.54, 1.807) is 7.11 Å². The number of nitrogens with one attached hydrogen (secondary N) is 1. The molecule has 6 nitrogen and oxygen atoms in total. The molecule has 0 spiro atoms. The quantitative estimate of drug-likeness (QED) is 0.846. The van der Waals surface area contributed by atoms with Gasteiger partial charge in [0.2, 0.25) is 12.2 Å². The Hall–Kier alpha value is -1.79. The Balaban J connectivity index is 2.14. The average Bonchev–Trinajstić information content (AvgIpc) is 2.96. The molecule has 0 unspecified atom stereocenters. The molecule has 0 aliphatic heterocycles. The highest BCUT2D eigenvalue weighted by Crippen LogP contribution is 2.36. The summed E-state index contributed by atoms with van der Waals surface area (Å²) in [6, 6.07) is 3.73. The molecule has 108 valence electrons. The van der Waals surface area contributed by atoms with Crippen LogP contribution >= 0.6 is 11.6 Å². The van der Waals surface area contributed by atoms with Gasteiger partial charge >= 0.3 is 0 Å². The Morgan fingerprint density at radius 3 is 2.90 bits per heavy atom. The van der Waals surface area contributed by atoms with Gasteiger partial charge in [-0.25, -0.2) is 0 Å². The molecule has 7 heteroatoms. The third-order valence-electron chi connectivity index (χ3n) is 2.62. The minimum atomic E-state index is 0.166. The van der Waals surface area contributed by atoms with Gasteiger partial charge in [-0.3, -0.25) is 0 Å². The van der Waals surface area contributed by atoms with Crippen molar-refractivity contribution in [3.8, 4) is 11.5 Å². The van der Waals surface area contributed by atoms with E-state index in [1.807, 2.05) is 19.1 Å². The second kappa shape index (κ2) is 7.12. The predicted molar refractivity (Wildman–Crippen MR) is 74.0 cm³/mol. The Morgan fingerprint density at radius 1 is 1.40 bits per heavy atom. The number of nitrogens with zero attached hydrogens (tertiary/aromatic N) is 2. The molecule has 1 aromatic carbocycles. The molecule has 0 bridgehead atoms. The van der Waals surface area contributed by atoms with E-state index in [1.165, 1.54) is 6.39 Å². The zero-order valence-electron chi connectivity index (χ0n) is 11.4. The highest BCUT2D eigenvalue weighted by molar-refractivity contribution is 6.32. The number of halogens is 1. The van der Waals surface area contributed by atoms with Crippen LogP contribution in [-0.4, -0.2) is 23.8 Å². The van der Waals surface area contributed by atoms with Gasteiger partial charge in [0.15, 0.2) is 18.1 Å². The first-order valence-corrected chi connectivity index (χ1v) is 6.57. The Bertz CT molecular complexity index is 546. The van der Waals surface area contributed by atoms with Crippen molar-refractivity contribution in [2.24, 2.45) is 0 Å². The molecular formula is C13H16ClN3O3. The van der Waals surface area contributed by atoms with E-state index >= 15 is 0 Å². The van der Waals surface area contributed by atoms with E-state index < -0.39 is 0 Å². The molecule has 1 heterocycles. The fourth-order valence-electron chi connectivity index (χ4n) is 1.68. The van der Waals surface area contributed by atoms with E-state index in [0.29, 0.717) is 22.3 Å². The summed E-state index contributed by atoms with van der Waals surface area (Å²) in [6.45, 7) is 3.81. The summed E-state index contributed by atoms with van der Waals surface area (Å²) < 4.78 is 15.6. The standard InChI is InChI=1S/C13H16ClN3O3/c1-3-15-6-9-4-10(14)13(11(5-9)18-2)19-7-12-16-8-20-17-12/h4-5,8,15H,3,6-7H2,1-2H3. The molecule has 0 saturated carbocycles. The first kappa shape index (κ1) is 14.6. The highest BCUT2D eigenvalue weighted by Gasteiger charge is 2.13. The van der Waals surface area contributed by atoms with Gasteiger partial charge in [-0.2, -0.15) is 4.98 Å². The smallest absolute Gasteiger partial charge is 0.213 e. The molecule has 0 fully saturated rings. The zero-order chi connectivity index (χ0) is 14.4. The summed E-state index contributed by atoms with van der Waals surface area (Å²) in [4.78, 5) is 3.88. The molecule has 1 N–H and O–H groups in total. The van der Waals surface area contributed by atoms with Crippen LogP contribution in [0.2, 0.25) is 5.02 Å². The third kappa shape index (κ3) is 3.61. The first-order chi connectivity index (χ1) is 9.74. The minimum absolute atomic E-state index is 0.166. The number of hydrogen-bond donors (Lipinski definition) is 1. The van der Waals surface area contributed by atoms with Crippen molar-refractivity contribution >= 4 is 11.6 Å². The molecule has 0 saturated heterocycles. The average molecular weight is 298 g/mol. The number of benzene rings is 1. The fraction of sp³-hybridized carbons (Fsp3) is 0.385. The maximum absolute atomic E-state index is 6.24. The second-order valence-corrected chi connectivity index (χ2v) is 4.43. The zero-order valence-corrected chi connectivity index (χ0v) is 12.1. The monoisotopic (exact) mass is 297 g/mol.